The second kappa shape index (κ2) is 3.67. The SMILES string of the molecule is O=[P+](O)Oc1ccccc1Cl. The zero-order chi connectivity index (χ0) is 8.27. The van der Waals surface area contributed by atoms with Crippen LogP contribution in [0.4, 0.5) is 0 Å². The van der Waals surface area contributed by atoms with Gasteiger partial charge in [-0.05, 0) is 12.1 Å². The quantitative estimate of drug-likeness (QED) is 0.730. The van der Waals surface area contributed by atoms with Crippen LogP contribution in [0.1, 0.15) is 0 Å². The van der Waals surface area contributed by atoms with Crippen molar-refractivity contribution in [2.24, 2.45) is 0 Å². The first-order valence-electron chi connectivity index (χ1n) is 2.79. The number of rotatable bonds is 2. The molecule has 1 rings (SSSR count). The first kappa shape index (κ1) is 8.47. The maximum atomic E-state index is 10.2. The molecule has 58 valence electrons. The van der Waals surface area contributed by atoms with Crippen LogP contribution in [0.3, 0.4) is 0 Å². The molecule has 0 heterocycles. The van der Waals surface area contributed by atoms with Crippen LogP contribution in [0.25, 0.3) is 0 Å². The molecule has 0 amide bonds. The highest BCUT2D eigenvalue weighted by Gasteiger charge is 2.15. The lowest BCUT2D eigenvalue weighted by molar-refractivity contribution is 0.410. The van der Waals surface area contributed by atoms with E-state index in [1.54, 1.807) is 18.2 Å². The number of halogens is 1. The van der Waals surface area contributed by atoms with Gasteiger partial charge >= 0.3 is 8.25 Å². The zero-order valence-electron chi connectivity index (χ0n) is 5.40. The zero-order valence-corrected chi connectivity index (χ0v) is 7.05. The number of para-hydroxylation sites is 1. The molecule has 0 saturated carbocycles. The van der Waals surface area contributed by atoms with Crippen molar-refractivity contribution in [3.63, 3.8) is 0 Å². The van der Waals surface area contributed by atoms with Crippen molar-refractivity contribution in [2.45, 2.75) is 0 Å². The second-order valence-corrected chi connectivity index (χ2v) is 2.82. The van der Waals surface area contributed by atoms with Crippen molar-refractivity contribution in [3.05, 3.63) is 29.3 Å². The number of benzene rings is 1. The molecule has 0 radical (unpaired) electrons. The Kier molecular flexibility index (Phi) is 2.83. The van der Waals surface area contributed by atoms with E-state index in [1.165, 1.54) is 6.07 Å². The van der Waals surface area contributed by atoms with E-state index in [2.05, 4.69) is 4.52 Å². The molecule has 0 spiro atoms. The lowest BCUT2D eigenvalue weighted by atomic mass is 10.3. The first-order chi connectivity index (χ1) is 5.20. The van der Waals surface area contributed by atoms with E-state index in [1.807, 2.05) is 0 Å². The predicted octanol–water partition coefficient (Wildman–Crippen LogP) is 2.37. The highest BCUT2D eigenvalue weighted by atomic mass is 35.5. The average molecular weight is 192 g/mol. The molecule has 1 unspecified atom stereocenters. The Bertz CT molecular complexity index is 276. The molecule has 1 aromatic rings. The third-order valence-corrected chi connectivity index (χ3v) is 1.68. The van der Waals surface area contributed by atoms with Crippen LogP contribution in [0, 0.1) is 0 Å². The monoisotopic (exact) mass is 191 g/mol. The van der Waals surface area contributed by atoms with Crippen molar-refractivity contribution in [1.29, 1.82) is 0 Å². The van der Waals surface area contributed by atoms with E-state index in [0.717, 1.165) is 0 Å². The van der Waals surface area contributed by atoms with Crippen LogP contribution < -0.4 is 4.52 Å². The summed E-state index contributed by atoms with van der Waals surface area (Å²) >= 11 is 5.60. The van der Waals surface area contributed by atoms with Crippen molar-refractivity contribution in [1.82, 2.24) is 0 Å². The van der Waals surface area contributed by atoms with Gasteiger partial charge in [-0.15, -0.1) is 4.89 Å². The number of hydrogen-bond donors (Lipinski definition) is 1. The molecule has 0 aromatic heterocycles. The van der Waals surface area contributed by atoms with E-state index in [9.17, 15) is 4.57 Å². The van der Waals surface area contributed by atoms with E-state index in [0.29, 0.717) is 5.02 Å². The highest BCUT2D eigenvalue weighted by molar-refractivity contribution is 7.32. The fourth-order valence-corrected chi connectivity index (χ4v) is 1.16. The Balaban J connectivity index is 2.86. The van der Waals surface area contributed by atoms with E-state index >= 15 is 0 Å². The van der Waals surface area contributed by atoms with Crippen molar-refractivity contribution < 1.29 is 14.0 Å². The minimum atomic E-state index is -2.63. The summed E-state index contributed by atoms with van der Waals surface area (Å²) in [4.78, 5) is 8.36. The van der Waals surface area contributed by atoms with Crippen molar-refractivity contribution in [2.75, 3.05) is 0 Å². The minimum absolute atomic E-state index is 0.220. The van der Waals surface area contributed by atoms with Gasteiger partial charge in [-0.25, -0.2) is 4.52 Å². The van der Waals surface area contributed by atoms with Gasteiger partial charge in [0.25, 0.3) is 0 Å². The summed E-state index contributed by atoms with van der Waals surface area (Å²) in [6, 6.07) is 6.47. The van der Waals surface area contributed by atoms with Gasteiger partial charge in [-0.2, -0.15) is 0 Å². The molecule has 11 heavy (non-hydrogen) atoms. The minimum Gasteiger partial charge on any atom is -0.228 e. The van der Waals surface area contributed by atoms with Crippen LogP contribution in [-0.2, 0) is 4.57 Å². The van der Waals surface area contributed by atoms with Gasteiger partial charge in [0.1, 0.15) is 0 Å². The molecule has 5 heteroatoms. The first-order valence-corrected chi connectivity index (χ1v) is 4.29. The smallest absolute Gasteiger partial charge is 0.228 e. The summed E-state index contributed by atoms with van der Waals surface area (Å²) in [6.07, 6.45) is 0. The molecule has 1 N–H and O–H groups in total. The largest absolute Gasteiger partial charge is 0.747 e. The van der Waals surface area contributed by atoms with E-state index in [-0.39, 0.29) is 5.75 Å². The summed E-state index contributed by atoms with van der Waals surface area (Å²) in [7, 11) is -2.63. The van der Waals surface area contributed by atoms with Crippen molar-refractivity contribution in [3.8, 4) is 5.75 Å². The molecule has 1 atom stereocenters. The molecule has 0 bridgehead atoms. The van der Waals surface area contributed by atoms with Crippen LogP contribution in [0.15, 0.2) is 24.3 Å². The molecule has 0 aliphatic rings. The van der Waals surface area contributed by atoms with Crippen LogP contribution >= 0.6 is 19.9 Å². The van der Waals surface area contributed by atoms with E-state index < -0.39 is 8.25 Å². The second-order valence-electron chi connectivity index (χ2n) is 1.76. The Morgan fingerprint density at radius 1 is 1.45 bits per heavy atom. The van der Waals surface area contributed by atoms with Gasteiger partial charge in [0.15, 0.2) is 0 Å². The Hall–Kier alpha value is -0.630. The fraction of sp³-hybridized carbons (Fsp3) is 0. The third-order valence-electron chi connectivity index (χ3n) is 1.01. The highest BCUT2D eigenvalue weighted by Crippen LogP contribution is 2.29. The normalized spacial score (nSPS) is 10.9. The molecular formula is C6H5ClO3P+. The molecule has 0 aliphatic heterocycles. The van der Waals surface area contributed by atoms with Gasteiger partial charge in [-0.1, -0.05) is 23.7 Å². The summed E-state index contributed by atoms with van der Waals surface area (Å²) in [5.74, 6) is 0.220. The topological polar surface area (TPSA) is 46.5 Å². The van der Waals surface area contributed by atoms with Gasteiger partial charge in [-0.3, -0.25) is 0 Å². The van der Waals surface area contributed by atoms with Gasteiger partial charge < -0.3 is 0 Å². The van der Waals surface area contributed by atoms with Crippen LogP contribution in [0.5, 0.6) is 5.75 Å². The number of hydrogen-bond acceptors (Lipinski definition) is 2. The van der Waals surface area contributed by atoms with E-state index in [4.69, 9.17) is 16.5 Å². The molecule has 1 aromatic carbocycles. The summed E-state index contributed by atoms with van der Waals surface area (Å²) in [5, 5.41) is 0.324. The molecule has 0 saturated heterocycles. The Morgan fingerprint density at radius 3 is 2.64 bits per heavy atom. The van der Waals surface area contributed by atoms with Crippen molar-refractivity contribution >= 4 is 19.9 Å². The fourth-order valence-electron chi connectivity index (χ4n) is 0.603. The lowest BCUT2D eigenvalue weighted by Gasteiger charge is -1.91. The molecule has 0 fully saturated rings. The van der Waals surface area contributed by atoms with Gasteiger partial charge in [0.05, 0.1) is 5.02 Å². The van der Waals surface area contributed by atoms with Crippen LogP contribution in [-0.4, -0.2) is 4.89 Å². The predicted molar refractivity (Wildman–Crippen MR) is 41.9 cm³/mol. The maximum Gasteiger partial charge on any atom is 0.747 e. The summed E-state index contributed by atoms with van der Waals surface area (Å²) in [6.45, 7) is 0. The maximum absolute atomic E-state index is 10.2. The molecular weight excluding hydrogens is 186 g/mol. The van der Waals surface area contributed by atoms with Crippen LogP contribution in [0.2, 0.25) is 5.02 Å². The third kappa shape index (κ3) is 2.46. The Morgan fingerprint density at radius 2 is 2.09 bits per heavy atom. The average Bonchev–Trinajstić information content (AvgIpc) is 1.93. The summed E-state index contributed by atoms with van der Waals surface area (Å²) < 4.78 is 14.7. The lowest BCUT2D eigenvalue weighted by Crippen LogP contribution is -1.79. The van der Waals surface area contributed by atoms with Gasteiger partial charge in [0, 0.05) is 4.57 Å². The standard InChI is InChI=1S/C6H4ClO3P/c7-5-3-1-2-4-6(5)10-11(8)9/h1-4H/p+1. The molecule has 3 nitrogen and oxygen atoms in total. The Labute approximate surface area is 69.5 Å². The van der Waals surface area contributed by atoms with Gasteiger partial charge in [0.2, 0.25) is 5.75 Å². The molecule has 0 aliphatic carbocycles. The summed E-state index contributed by atoms with van der Waals surface area (Å²) in [5.41, 5.74) is 0.